The topological polar surface area (TPSA) is 37.3 Å². The Morgan fingerprint density at radius 1 is 1.13 bits per heavy atom. The van der Waals surface area contributed by atoms with Gasteiger partial charge in [0.2, 0.25) is 0 Å². The van der Waals surface area contributed by atoms with E-state index in [9.17, 15) is 4.79 Å². The average Bonchev–Trinajstić information content (AvgIpc) is 3.14. The van der Waals surface area contributed by atoms with Gasteiger partial charge in [0.15, 0.2) is 0 Å². The number of anilines is 1. The van der Waals surface area contributed by atoms with Gasteiger partial charge < -0.3 is 14.8 Å². The lowest BCUT2D eigenvalue weighted by Crippen LogP contribution is -2.41. The minimum absolute atomic E-state index is 0.0770. The first kappa shape index (κ1) is 22.0. The SMILES string of the molecule is CCC(C)N(Cc1cccn1Cc1cccc(Cl)c1)C(=O)Nc1ccc(C)cc1C. The maximum absolute atomic E-state index is 13.2. The number of nitrogens with one attached hydrogen (secondary N) is 1. The first-order chi connectivity index (χ1) is 14.4. The van der Waals surface area contributed by atoms with Crippen LogP contribution in [-0.2, 0) is 13.1 Å². The smallest absolute Gasteiger partial charge is 0.322 e. The summed E-state index contributed by atoms with van der Waals surface area (Å²) in [6, 6.07) is 18.1. The third kappa shape index (κ3) is 5.45. The third-order valence-electron chi connectivity index (χ3n) is 5.51. The van der Waals surface area contributed by atoms with Crippen LogP contribution in [0, 0.1) is 13.8 Å². The van der Waals surface area contributed by atoms with Crippen molar-refractivity contribution in [3.63, 3.8) is 0 Å². The number of amides is 2. The summed E-state index contributed by atoms with van der Waals surface area (Å²) in [5, 5.41) is 3.83. The van der Waals surface area contributed by atoms with Crippen LogP contribution in [0.5, 0.6) is 0 Å². The second kappa shape index (κ2) is 9.86. The van der Waals surface area contributed by atoms with Gasteiger partial charge in [-0.1, -0.05) is 48.4 Å². The molecule has 3 aromatic rings. The molecular formula is C25H30ClN3O. The van der Waals surface area contributed by atoms with E-state index in [0.717, 1.165) is 40.5 Å². The Balaban J connectivity index is 1.78. The summed E-state index contributed by atoms with van der Waals surface area (Å²) in [6.07, 6.45) is 2.93. The van der Waals surface area contributed by atoms with Crippen LogP contribution in [0.1, 0.15) is 42.7 Å². The number of halogens is 1. The van der Waals surface area contributed by atoms with Crippen LogP contribution in [0.2, 0.25) is 5.02 Å². The van der Waals surface area contributed by atoms with E-state index in [-0.39, 0.29) is 12.1 Å². The van der Waals surface area contributed by atoms with Crippen LogP contribution in [-0.4, -0.2) is 21.5 Å². The van der Waals surface area contributed by atoms with E-state index in [1.165, 1.54) is 5.56 Å². The number of carbonyl (C=O) groups is 1. The summed E-state index contributed by atoms with van der Waals surface area (Å²) in [5.41, 5.74) is 5.33. The van der Waals surface area contributed by atoms with Gasteiger partial charge in [-0.25, -0.2) is 4.79 Å². The molecule has 0 saturated heterocycles. The van der Waals surface area contributed by atoms with E-state index in [0.29, 0.717) is 6.54 Å². The van der Waals surface area contributed by atoms with Gasteiger partial charge in [-0.3, -0.25) is 0 Å². The molecule has 1 N–H and O–H groups in total. The zero-order valence-corrected chi connectivity index (χ0v) is 18.9. The standard InChI is InChI=1S/C25H30ClN3O/c1-5-20(4)29(25(30)27-24-12-11-18(2)14-19(24)3)17-23-10-7-13-28(23)16-21-8-6-9-22(26)15-21/h6-15,20H,5,16-17H2,1-4H3,(H,27,30). The minimum atomic E-state index is -0.0770. The highest BCUT2D eigenvalue weighted by atomic mass is 35.5. The number of urea groups is 1. The number of hydrogen-bond acceptors (Lipinski definition) is 1. The van der Waals surface area contributed by atoms with Gasteiger partial charge in [0.05, 0.1) is 6.54 Å². The molecule has 0 bridgehead atoms. The lowest BCUT2D eigenvalue weighted by atomic mass is 10.1. The zero-order valence-electron chi connectivity index (χ0n) is 18.2. The minimum Gasteiger partial charge on any atom is -0.345 e. The second-order valence-electron chi connectivity index (χ2n) is 7.89. The molecule has 2 amide bonds. The molecule has 1 unspecified atom stereocenters. The Hall–Kier alpha value is -2.72. The number of carbonyl (C=O) groups excluding carboxylic acids is 1. The molecule has 0 aliphatic carbocycles. The number of benzene rings is 2. The quantitative estimate of drug-likeness (QED) is 0.454. The molecule has 30 heavy (non-hydrogen) atoms. The van der Waals surface area contributed by atoms with Gasteiger partial charge in [-0.05, 0) is 68.7 Å². The van der Waals surface area contributed by atoms with E-state index >= 15 is 0 Å². The maximum atomic E-state index is 13.2. The summed E-state index contributed by atoms with van der Waals surface area (Å²) in [4.78, 5) is 15.1. The van der Waals surface area contributed by atoms with Crippen LogP contribution in [0.15, 0.2) is 60.8 Å². The van der Waals surface area contributed by atoms with Crippen LogP contribution < -0.4 is 5.32 Å². The lowest BCUT2D eigenvalue weighted by molar-refractivity contribution is 0.185. The number of aryl methyl sites for hydroxylation is 2. The predicted octanol–water partition coefficient (Wildman–Crippen LogP) is 6.64. The molecule has 0 spiro atoms. The van der Waals surface area contributed by atoms with Crippen molar-refractivity contribution < 1.29 is 4.79 Å². The van der Waals surface area contributed by atoms with Gasteiger partial charge in [-0.2, -0.15) is 0 Å². The summed E-state index contributed by atoms with van der Waals surface area (Å²) < 4.78 is 2.17. The Morgan fingerprint density at radius 2 is 1.93 bits per heavy atom. The van der Waals surface area contributed by atoms with Crippen LogP contribution in [0.25, 0.3) is 0 Å². The Bertz CT molecular complexity index is 1010. The van der Waals surface area contributed by atoms with Gasteiger partial charge in [0.25, 0.3) is 0 Å². The highest BCUT2D eigenvalue weighted by Crippen LogP contribution is 2.20. The Labute approximate surface area is 184 Å². The maximum Gasteiger partial charge on any atom is 0.322 e. The van der Waals surface area contributed by atoms with Crippen LogP contribution >= 0.6 is 11.6 Å². The third-order valence-corrected chi connectivity index (χ3v) is 5.74. The number of hydrogen-bond donors (Lipinski definition) is 1. The van der Waals surface area contributed by atoms with Crippen LogP contribution in [0.4, 0.5) is 10.5 Å². The molecule has 0 radical (unpaired) electrons. The van der Waals surface area contributed by atoms with Crippen molar-refractivity contribution in [3.8, 4) is 0 Å². The summed E-state index contributed by atoms with van der Waals surface area (Å²) in [5.74, 6) is 0. The van der Waals surface area contributed by atoms with Crippen molar-refractivity contribution >= 4 is 23.3 Å². The fourth-order valence-electron chi connectivity index (χ4n) is 3.54. The van der Waals surface area contributed by atoms with Crippen LogP contribution in [0.3, 0.4) is 0 Å². The molecule has 1 aromatic heterocycles. The second-order valence-corrected chi connectivity index (χ2v) is 8.33. The molecule has 4 nitrogen and oxygen atoms in total. The monoisotopic (exact) mass is 423 g/mol. The molecule has 1 atom stereocenters. The molecule has 0 aliphatic rings. The largest absolute Gasteiger partial charge is 0.345 e. The first-order valence-electron chi connectivity index (χ1n) is 10.4. The van der Waals surface area contributed by atoms with Gasteiger partial charge >= 0.3 is 6.03 Å². The molecule has 0 saturated carbocycles. The fraction of sp³-hybridized carbons (Fsp3) is 0.320. The normalized spacial score (nSPS) is 11.9. The number of rotatable bonds is 7. The van der Waals surface area contributed by atoms with Crippen molar-refractivity contribution in [2.45, 2.75) is 53.2 Å². The van der Waals surface area contributed by atoms with E-state index in [4.69, 9.17) is 11.6 Å². The van der Waals surface area contributed by atoms with E-state index in [1.54, 1.807) is 0 Å². The van der Waals surface area contributed by atoms with Gasteiger partial charge in [0.1, 0.15) is 0 Å². The average molecular weight is 424 g/mol. The highest BCUT2D eigenvalue weighted by Gasteiger charge is 2.21. The molecule has 0 aliphatic heterocycles. The zero-order chi connectivity index (χ0) is 21.7. The van der Waals surface area contributed by atoms with E-state index in [1.807, 2.05) is 54.4 Å². The first-order valence-corrected chi connectivity index (χ1v) is 10.8. The number of aromatic nitrogens is 1. The summed E-state index contributed by atoms with van der Waals surface area (Å²) in [6.45, 7) is 9.53. The Kier molecular flexibility index (Phi) is 7.22. The molecule has 5 heteroatoms. The van der Waals surface area contributed by atoms with Crippen molar-refractivity contribution in [3.05, 3.63) is 88.2 Å². The molecular weight excluding hydrogens is 394 g/mol. The van der Waals surface area contributed by atoms with Gasteiger partial charge in [-0.15, -0.1) is 0 Å². The molecule has 0 fully saturated rings. The predicted molar refractivity (Wildman–Crippen MR) is 125 cm³/mol. The lowest BCUT2D eigenvalue weighted by Gasteiger charge is -2.29. The van der Waals surface area contributed by atoms with Crippen molar-refractivity contribution in [2.24, 2.45) is 0 Å². The van der Waals surface area contributed by atoms with Crippen molar-refractivity contribution in [1.82, 2.24) is 9.47 Å². The summed E-state index contributed by atoms with van der Waals surface area (Å²) >= 11 is 6.14. The van der Waals surface area contributed by atoms with E-state index in [2.05, 4.69) is 48.9 Å². The van der Waals surface area contributed by atoms with Gasteiger partial charge in [0, 0.05) is 35.2 Å². The van der Waals surface area contributed by atoms with E-state index < -0.39 is 0 Å². The molecule has 158 valence electrons. The molecule has 2 aromatic carbocycles. The van der Waals surface area contributed by atoms with Crippen molar-refractivity contribution in [1.29, 1.82) is 0 Å². The molecule has 3 rings (SSSR count). The summed E-state index contributed by atoms with van der Waals surface area (Å²) in [7, 11) is 0. The van der Waals surface area contributed by atoms with Crippen molar-refractivity contribution in [2.75, 3.05) is 5.32 Å². The fourth-order valence-corrected chi connectivity index (χ4v) is 3.76. The Morgan fingerprint density at radius 3 is 2.63 bits per heavy atom. The highest BCUT2D eigenvalue weighted by molar-refractivity contribution is 6.30. The number of nitrogens with zero attached hydrogens (tertiary/aromatic N) is 2. The molecule has 1 heterocycles.